The van der Waals surface area contributed by atoms with Gasteiger partial charge in [-0.2, -0.15) is 13.2 Å². The van der Waals surface area contributed by atoms with Crippen molar-refractivity contribution in [3.63, 3.8) is 0 Å². The molecule has 2 heterocycles. The van der Waals surface area contributed by atoms with Crippen molar-refractivity contribution < 1.29 is 32.3 Å². The van der Waals surface area contributed by atoms with Crippen LogP contribution in [0.1, 0.15) is 49.5 Å². The molecule has 0 aromatic carbocycles. The third-order valence-corrected chi connectivity index (χ3v) is 5.67. The van der Waals surface area contributed by atoms with Gasteiger partial charge in [0.15, 0.2) is 11.5 Å². The summed E-state index contributed by atoms with van der Waals surface area (Å²) in [6.07, 6.45) is 2.94. The minimum absolute atomic E-state index is 0.0133. The van der Waals surface area contributed by atoms with Gasteiger partial charge in [-0.05, 0) is 37.5 Å². The topological polar surface area (TPSA) is 132 Å². The summed E-state index contributed by atoms with van der Waals surface area (Å²) in [5.74, 6) is -1.53. The first-order valence-corrected chi connectivity index (χ1v) is 11.5. The number of alkyl halides is 3. The predicted molar refractivity (Wildman–Crippen MR) is 130 cm³/mol. The van der Waals surface area contributed by atoms with Crippen molar-refractivity contribution in [2.45, 2.75) is 45.4 Å². The minimum atomic E-state index is -4.31. The van der Waals surface area contributed by atoms with Gasteiger partial charge in [0.2, 0.25) is 5.89 Å². The molecule has 9 nitrogen and oxygen atoms in total. The number of aliphatic hydroxyl groups excluding tert-OH is 1. The number of rotatable bonds is 7. The van der Waals surface area contributed by atoms with Crippen molar-refractivity contribution >= 4 is 23.2 Å². The van der Waals surface area contributed by atoms with Crippen LogP contribution < -0.4 is 10.6 Å². The number of hydrogen-bond donors (Lipinski definition) is 4. The summed E-state index contributed by atoms with van der Waals surface area (Å²) in [6, 6.07) is 0. The maximum atomic E-state index is 12.9. The van der Waals surface area contributed by atoms with E-state index in [-0.39, 0.29) is 36.1 Å². The monoisotopic (exact) mass is 519 g/mol. The third-order valence-electron chi connectivity index (χ3n) is 5.67. The Kier molecular flexibility index (Phi) is 8.53. The molecule has 1 aromatic rings. The minimum Gasteiger partial charge on any atom is -0.444 e. The molecule has 4 N–H and O–H groups in total. The molecule has 1 aliphatic carbocycles. The zero-order valence-corrected chi connectivity index (χ0v) is 20.6. The van der Waals surface area contributed by atoms with E-state index >= 15 is 0 Å². The van der Waals surface area contributed by atoms with Crippen LogP contribution in [-0.2, 0) is 4.79 Å². The second-order valence-corrected chi connectivity index (χ2v) is 8.64. The molecule has 198 valence electrons. The van der Waals surface area contributed by atoms with Gasteiger partial charge < -0.3 is 20.2 Å². The molecule has 1 unspecified atom stereocenters. The molecule has 0 bridgehead atoms. The van der Waals surface area contributed by atoms with Crippen molar-refractivity contribution in [3.8, 4) is 0 Å². The molecule has 1 aromatic heterocycles. The molecule has 1 atom stereocenters. The molecule has 12 heteroatoms. The standard InChI is InChI=1S/C25H28F3N5O4/c1-14-4-5-16(11-17(10-14)15(2)6-8-25(26,27)28)23-32-19(13-37-23)22(35)31-18(12-30-3)21(29)33-9-7-20(34)24(33)36/h5-6,10-13,20,29-30,34H,4,7-9H2,1-3H3,(H,31,35)/b15-6-,18-12+,29-21?. The van der Waals surface area contributed by atoms with Crippen molar-refractivity contribution in [2.24, 2.45) is 0 Å². The summed E-state index contributed by atoms with van der Waals surface area (Å²) in [4.78, 5) is 30.2. The molecular weight excluding hydrogens is 491 g/mol. The second kappa shape index (κ2) is 11.4. The Labute approximate surface area is 211 Å². The Hall–Kier alpha value is -3.93. The highest BCUT2D eigenvalue weighted by molar-refractivity contribution is 6.10. The first-order chi connectivity index (χ1) is 17.4. The van der Waals surface area contributed by atoms with Crippen LogP contribution in [0.3, 0.4) is 0 Å². The zero-order valence-electron chi connectivity index (χ0n) is 20.6. The lowest BCUT2D eigenvalue weighted by molar-refractivity contribution is -0.131. The summed E-state index contributed by atoms with van der Waals surface area (Å²) in [7, 11) is 1.55. The van der Waals surface area contributed by atoms with Gasteiger partial charge in [0.1, 0.15) is 12.4 Å². The number of carbonyl (C=O) groups excluding carboxylic acids is 2. The molecule has 3 rings (SSSR count). The van der Waals surface area contributed by atoms with E-state index in [0.29, 0.717) is 23.1 Å². The van der Waals surface area contributed by atoms with Crippen LogP contribution >= 0.6 is 0 Å². The summed E-state index contributed by atoms with van der Waals surface area (Å²) in [5.41, 5.74) is 2.31. The molecule has 0 saturated carbocycles. The number of hydrogen-bond acceptors (Lipinski definition) is 7. The molecule has 1 fully saturated rings. The molecule has 0 spiro atoms. The number of aromatic nitrogens is 1. The molecule has 1 aliphatic heterocycles. The highest BCUT2D eigenvalue weighted by Gasteiger charge is 2.34. The van der Waals surface area contributed by atoms with E-state index in [1.165, 1.54) is 6.20 Å². The smallest absolute Gasteiger partial charge is 0.392 e. The van der Waals surface area contributed by atoms with E-state index in [2.05, 4.69) is 15.6 Å². The number of aliphatic hydroxyl groups is 1. The van der Waals surface area contributed by atoms with Gasteiger partial charge in [-0.25, -0.2) is 4.98 Å². The van der Waals surface area contributed by atoms with E-state index in [4.69, 9.17) is 9.83 Å². The fourth-order valence-corrected chi connectivity index (χ4v) is 3.66. The number of amidine groups is 1. The molecular formula is C25H28F3N5O4. The van der Waals surface area contributed by atoms with Gasteiger partial charge in [0.05, 0.1) is 12.1 Å². The van der Waals surface area contributed by atoms with Crippen molar-refractivity contribution in [1.82, 2.24) is 20.5 Å². The van der Waals surface area contributed by atoms with Gasteiger partial charge in [-0.3, -0.25) is 19.9 Å². The van der Waals surface area contributed by atoms with Crippen LogP contribution in [0.2, 0.25) is 0 Å². The lowest BCUT2D eigenvalue weighted by Crippen LogP contribution is -2.41. The van der Waals surface area contributed by atoms with Crippen molar-refractivity contribution in [2.75, 3.05) is 13.6 Å². The highest BCUT2D eigenvalue weighted by atomic mass is 19.4. The summed E-state index contributed by atoms with van der Waals surface area (Å²) < 4.78 is 43.5. The average molecular weight is 520 g/mol. The summed E-state index contributed by atoms with van der Waals surface area (Å²) in [6.45, 7) is 3.58. The Morgan fingerprint density at radius 2 is 2.11 bits per heavy atom. The quantitative estimate of drug-likeness (QED) is 0.322. The van der Waals surface area contributed by atoms with E-state index in [1.54, 1.807) is 32.2 Å². The van der Waals surface area contributed by atoms with Crippen LogP contribution in [0.5, 0.6) is 0 Å². The highest BCUT2D eigenvalue weighted by Crippen LogP contribution is 2.29. The molecule has 1 saturated heterocycles. The predicted octanol–water partition coefficient (Wildman–Crippen LogP) is 3.59. The van der Waals surface area contributed by atoms with Crippen molar-refractivity contribution in [1.29, 1.82) is 5.41 Å². The lowest BCUT2D eigenvalue weighted by atomic mass is 10.0. The summed E-state index contributed by atoms with van der Waals surface area (Å²) in [5, 5.41) is 23.2. The van der Waals surface area contributed by atoms with Gasteiger partial charge in [-0.15, -0.1) is 0 Å². The second-order valence-electron chi connectivity index (χ2n) is 8.64. The van der Waals surface area contributed by atoms with Crippen LogP contribution in [0.25, 0.3) is 5.57 Å². The Bertz CT molecular complexity index is 1240. The first kappa shape index (κ1) is 27.7. The van der Waals surface area contributed by atoms with Crippen LogP contribution in [0, 0.1) is 5.41 Å². The van der Waals surface area contributed by atoms with Crippen LogP contribution in [-0.4, -0.2) is 58.5 Å². The van der Waals surface area contributed by atoms with Gasteiger partial charge >= 0.3 is 6.18 Å². The van der Waals surface area contributed by atoms with E-state index in [0.717, 1.165) is 22.8 Å². The van der Waals surface area contributed by atoms with E-state index in [1.807, 2.05) is 6.92 Å². The lowest BCUT2D eigenvalue weighted by Gasteiger charge is -2.19. The first-order valence-electron chi connectivity index (χ1n) is 11.5. The molecule has 0 radical (unpaired) electrons. The molecule has 37 heavy (non-hydrogen) atoms. The fraction of sp³-hybridized carbons (Fsp3) is 0.360. The van der Waals surface area contributed by atoms with Crippen LogP contribution in [0.15, 0.2) is 63.6 Å². The van der Waals surface area contributed by atoms with Gasteiger partial charge in [0, 0.05) is 31.8 Å². The Balaban J connectivity index is 1.79. The number of nitrogens with zero attached hydrogens (tertiary/aromatic N) is 2. The number of oxazole rings is 1. The number of carbonyl (C=O) groups is 2. The average Bonchev–Trinajstić information content (AvgIpc) is 3.40. The number of halogens is 3. The van der Waals surface area contributed by atoms with E-state index < -0.39 is 30.5 Å². The number of nitrogens with one attached hydrogen (secondary N) is 3. The van der Waals surface area contributed by atoms with Crippen molar-refractivity contribution in [3.05, 3.63) is 70.8 Å². The number of likely N-dealkylation sites (tertiary alicyclic amines) is 1. The Morgan fingerprint density at radius 3 is 2.73 bits per heavy atom. The summed E-state index contributed by atoms with van der Waals surface area (Å²) >= 11 is 0. The normalized spacial score (nSPS) is 19.2. The number of amides is 2. The zero-order chi connectivity index (χ0) is 27.3. The maximum absolute atomic E-state index is 12.9. The molecule has 2 aliphatic rings. The molecule has 2 amide bonds. The van der Waals surface area contributed by atoms with E-state index in [9.17, 15) is 27.9 Å². The van der Waals surface area contributed by atoms with Gasteiger partial charge in [-0.1, -0.05) is 23.8 Å². The third kappa shape index (κ3) is 7.06. The van der Waals surface area contributed by atoms with Crippen LogP contribution in [0.4, 0.5) is 13.2 Å². The maximum Gasteiger partial charge on any atom is 0.392 e. The van der Waals surface area contributed by atoms with Gasteiger partial charge in [0.25, 0.3) is 11.8 Å². The number of allylic oxidation sites excluding steroid dienone is 8. The Morgan fingerprint density at radius 1 is 1.38 bits per heavy atom. The largest absolute Gasteiger partial charge is 0.444 e. The fourth-order valence-electron chi connectivity index (χ4n) is 3.66. The SMILES string of the molecule is CN/C=C(/NC(=O)c1coc(C2=CCC(C)=CC(/C(C)=C\CC(F)(F)F)=C2)n1)C(=N)N1CCC(O)C1=O.